The van der Waals surface area contributed by atoms with Crippen molar-refractivity contribution in [3.8, 4) is 0 Å². The fraction of sp³-hybridized carbons (Fsp3) is 0.667. The number of aliphatic hydroxyl groups excluding tert-OH is 3. The Morgan fingerprint density at radius 2 is 1.69 bits per heavy atom. The van der Waals surface area contributed by atoms with E-state index in [9.17, 15) is 9.59 Å². The number of carboxylic acids is 1. The van der Waals surface area contributed by atoms with Crippen LogP contribution in [0, 0.1) is 0 Å². The largest absolute Gasteiger partial charge is 0.479 e. The minimum atomic E-state index is -2.17. The third-order valence-electron chi connectivity index (χ3n) is 1.48. The van der Waals surface area contributed by atoms with Crippen molar-refractivity contribution in [2.45, 2.75) is 24.4 Å². The van der Waals surface area contributed by atoms with Crippen molar-refractivity contribution in [3.63, 3.8) is 0 Å². The highest BCUT2D eigenvalue weighted by Gasteiger charge is 2.33. The van der Waals surface area contributed by atoms with Crippen molar-refractivity contribution < 1.29 is 30.0 Å². The van der Waals surface area contributed by atoms with Crippen molar-refractivity contribution in [1.29, 1.82) is 0 Å². The van der Waals surface area contributed by atoms with Gasteiger partial charge in [-0.15, -0.1) is 0 Å². The van der Waals surface area contributed by atoms with Crippen LogP contribution in [-0.2, 0) is 9.59 Å². The molecule has 0 radical (unpaired) electrons. The van der Waals surface area contributed by atoms with Gasteiger partial charge in [-0.2, -0.15) is 0 Å². The number of carbonyl (C=O) groups excluding carboxylic acids is 1. The molecule has 0 spiro atoms. The molecule has 7 nitrogen and oxygen atoms in total. The second kappa shape index (κ2) is 4.87. The van der Waals surface area contributed by atoms with E-state index in [-0.39, 0.29) is 6.29 Å². The van der Waals surface area contributed by atoms with Crippen molar-refractivity contribution in [2.24, 2.45) is 5.73 Å². The summed E-state index contributed by atoms with van der Waals surface area (Å²) < 4.78 is 0. The summed E-state index contributed by atoms with van der Waals surface area (Å²) in [5.41, 5.74) is 4.97. The zero-order valence-corrected chi connectivity index (χ0v) is 6.57. The van der Waals surface area contributed by atoms with Crippen LogP contribution in [0.3, 0.4) is 0 Å². The van der Waals surface area contributed by atoms with Gasteiger partial charge in [0.2, 0.25) is 0 Å². The first-order valence-electron chi connectivity index (χ1n) is 3.39. The number of carboxylic acid groups (broad SMARTS) is 1. The van der Waals surface area contributed by atoms with Crippen LogP contribution in [-0.4, -0.2) is 57.0 Å². The predicted molar refractivity (Wildman–Crippen MR) is 39.7 cm³/mol. The molecule has 7 heteroatoms. The number of aliphatic hydroxyl groups is 3. The molecule has 0 aromatic rings. The van der Waals surface area contributed by atoms with Crippen LogP contribution in [0.15, 0.2) is 0 Å². The van der Waals surface area contributed by atoms with Crippen LogP contribution < -0.4 is 5.73 Å². The summed E-state index contributed by atoms with van der Waals surface area (Å²) in [6.45, 7) is 0. The standard InChI is InChI=1S/C6H11NO6/c7-2(1-8)3(9)4(10)5(11)6(12)13/h1-5,9-11H,7H2,(H,12,13). The Balaban J connectivity index is 4.32. The molecule has 0 saturated carbocycles. The summed E-state index contributed by atoms with van der Waals surface area (Å²) in [6.07, 6.45) is -5.81. The molecule has 0 fully saturated rings. The molecule has 0 bridgehead atoms. The molecule has 0 aliphatic rings. The third-order valence-corrected chi connectivity index (χ3v) is 1.48. The van der Waals surface area contributed by atoms with Crippen molar-refractivity contribution in [3.05, 3.63) is 0 Å². The van der Waals surface area contributed by atoms with Crippen LogP contribution in [0.2, 0.25) is 0 Å². The van der Waals surface area contributed by atoms with Crippen molar-refractivity contribution >= 4 is 12.3 Å². The lowest BCUT2D eigenvalue weighted by atomic mass is 10.0. The lowest BCUT2D eigenvalue weighted by Gasteiger charge is -2.21. The number of hydrogen-bond acceptors (Lipinski definition) is 6. The zero-order valence-electron chi connectivity index (χ0n) is 6.57. The van der Waals surface area contributed by atoms with E-state index in [2.05, 4.69) is 0 Å². The second-order valence-corrected chi connectivity index (χ2v) is 2.48. The number of nitrogens with two attached hydrogens (primary N) is 1. The van der Waals surface area contributed by atoms with E-state index in [1.165, 1.54) is 0 Å². The first kappa shape index (κ1) is 12.0. The average molecular weight is 193 g/mol. The molecule has 4 unspecified atom stereocenters. The molecule has 0 aromatic heterocycles. The van der Waals surface area contributed by atoms with Crippen molar-refractivity contribution in [2.75, 3.05) is 0 Å². The Morgan fingerprint density at radius 3 is 2.00 bits per heavy atom. The molecular formula is C6H11NO6. The predicted octanol–water partition coefficient (Wildman–Crippen LogP) is -3.32. The summed E-state index contributed by atoms with van der Waals surface area (Å²) in [5.74, 6) is -1.70. The minimum Gasteiger partial charge on any atom is -0.479 e. The van der Waals surface area contributed by atoms with E-state index < -0.39 is 30.3 Å². The molecular weight excluding hydrogens is 182 g/mol. The number of hydrogen-bond donors (Lipinski definition) is 5. The molecule has 76 valence electrons. The number of aldehydes is 1. The van der Waals surface area contributed by atoms with E-state index >= 15 is 0 Å². The molecule has 6 N–H and O–H groups in total. The lowest BCUT2D eigenvalue weighted by molar-refractivity contribution is -0.159. The number of aliphatic carboxylic acids is 1. The summed E-state index contributed by atoms with van der Waals surface area (Å²) >= 11 is 0. The number of rotatable bonds is 5. The molecule has 0 aliphatic heterocycles. The fourth-order valence-corrected chi connectivity index (χ4v) is 0.641. The highest BCUT2D eigenvalue weighted by Crippen LogP contribution is 2.02. The van der Waals surface area contributed by atoms with Crippen LogP contribution in [0.1, 0.15) is 0 Å². The van der Waals surface area contributed by atoms with Gasteiger partial charge in [0.05, 0.1) is 6.04 Å². The van der Waals surface area contributed by atoms with E-state index in [1.807, 2.05) is 0 Å². The maximum absolute atomic E-state index is 10.1. The van der Waals surface area contributed by atoms with Gasteiger partial charge in [-0.25, -0.2) is 4.79 Å². The monoisotopic (exact) mass is 193 g/mol. The SMILES string of the molecule is NC(C=O)C(O)C(O)C(O)C(=O)O. The van der Waals surface area contributed by atoms with Gasteiger partial charge in [-0.05, 0) is 0 Å². The number of carbonyl (C=O) groups is 2. The first-order valence-corrected chi connectivity index (χ1v) is 3.39. The molecule has 4 atom stereocenters. The molecule has 0 aromatic carbocycles. The van der Waals surface area contributed by atoms with Gasteiger partial charge >= 0.3 is 5.97 Å². The Hall–Kier alpha value is -1.02. The van der Waals surface area contributed by atoms with E-state index in [0.717, 1.165) is 0 Å². The second-order valence-electron chi connectivity index (χ2n) is 2.48. The van der Waals surface area contributed by atoms with Gasteiger partial charge in [-0.1, -0.05) is 0 Å². The third kappa shape index (κ3) is 3.07. The molecule has 13 heavy (non-hydrogen) atoms. The molecule has 0 amide bonds. The Kier molecular flexibility index (Phi) is 4.49. The molecule has 0 aliphatic carbocycles. The lowest BCUT2D eigenvalue weighted by Crippen LogP contribution is -2.51. The van der Waals surface area contributed by atoms with Crippen LogP contribution in [0.25, 0.3) is 0 Å². The van der Waals surface area contributed by atoms with Gasteiger partial charge in [0.25, 0.3) is 0 Å². The van der Waals surface area contributed by atoms with Gasteiger partial charge in [-0.3, -0.25) is 0 Å². The van der Waals surface area contributed by atoms with E-state index in [1.54, 1.807) is 0 Å². The molecule has 0 saturated heterocycles. The zero-order chi connectivity index (χ0) is 10.6. The smallest absolute Gasteiger partial charge is 0.335 e. The van der Waals surface area contributed by atoms with Gasteiger partial charge in [0.1, 0.15) is 18.5 Å². The van der Waals surface area contributed by atoms with Crippen LogP contribution >= 0.6 is 0 Å². The minimum absolute atomic E-state index is 0.141. The van der Waals surface area contributed by atoms with Gasteiger partial charge in [0, 0.05) is 0 Å². The van der Waals surface area contributed by atoms with E-state index in [0.29, 0.717) is 0 Å². The Labute approximate surface area is 73.4 Å². The molecule has 0 rings (SSSR count). The summed E-state index contributed by atoms with van der Waals surface area (Å²) in [6, 6.07) is -1.43. The molecule has 0 heterocycles. The fourth-order valence-electron chi connectivity index (χ4n) is 0.641. The Morgan fingerprint density at radius 1 is 1.23 bits per heavy atom. The summed E-state index contributed by atoms with van der Waals surface area (Å²) in [4.78, 5) is 20.1. The summed E-state index contributed by atoms with van der Waals surface area (Å²) in [7, 11) is 0. The van der Waals surface area contributed by atoms with Crippen LogP contribution in [0.5, 0.6) is 0 Å². The van der Waals surface area contributed by atoms with E-state index in [4.69, 9.17) is 26.2 Å². The van der Waals surface area contributed by atoms with Crippen molar-refractivity contribution in [1.82, 2.24) is 0 Å². The first-order chi connectivity index (χ1) is 5.91. The maximum Gasteiger partial charge on any atom is 0.335 e. The summed E-state index contributed by atoms with van der Waals surface area (Å²) in [5, 5.41) is 34.8. The highest BCUT2D eigenvalue weighted by atomic mass is 16.4. The average Bonchev–Trinajstić information content (AvgIpc) is 2.12. The van der Waals surface area contributed by atoms with Crippen LogP contribution in [0.4, 0.5) is 0 Å². The quantitative estimate of drug-likeness (QED) is 0.287. The Bertz CT molecular complexity index is 196. The van der Waals surface area contributed by atoms with Gasteiger partial charge < -0.3 is 31.0 Å². The topological polar surface area (TPSA) is 141 Å². The maximum atomic E-state index is 10.1. The highest BCUT2D eigenvalue weighted by molar-refractivity contribution is 5.73. The van der Waals surface area contributed by atoms with Gasteiger partial charge in [0.15, 0.2) is 6.10 Å². The normalized spacial score (nSPS) is 20.0.